The molecule has 4 nitrogen and oxygen atoms in total. The Morgan fingerprint density at radius 1 is 1.35 bits per heavy atom. The predicted molar refractivity (Wildman–Crippen MR) is 84.6 cm³/mol. The first-order chi connectivity index (χ1) is 9.51. The maximum Gasteiger partial charge on any atom is 0.203 e. The van der Waals surface area contributed by atoms with Gasteiger partial charge in [-0.05, 0) is 39.8 Å². The monoisotopic (exact) mass is 293 g/mol. The van der Waals surface area contributed by atoms with Crippen molar-refractivity contribution < 1.29 is 4.74 Å². The Bertz CT molecular complexity index is 561. The summed E-state index contributed by atoms with van der Waals surface area (Å²) in [7, 11) is 1.73. The summed E-state index contributed by atoms with van der Waals surface area (Å²) >= 11 is 1.82. The second-order valence-electron chi connectivity index (χ2n) is 5.23. The molecule has 0 aliphatic rings. The molecule has 0 spiro atoms. The number of hydrogen-bond acceptors (Lipinski definition) is 4. The van der Waals surface area contributed by atoms with E-state index in [-0.39, 0.29) is 12.1 Å². The highest BCUT2D eigenvalue weighted by Gasteiger charge is 2.15. The molecule has 20 heavy (non-hydrogen) atoms. The molecule has 2 unspecified atom stereocenters. The number of hydrogen-bond donors (Lipinski definition) is 1. The van der Waals surface area contributed by atoms with Crippen LogP contribution in [-0.4, -0.2) is 23.3 Å². The fourth-order valence-electron chi connectivity index (χ4n) is 2.23. The summed E-state index contributed by atoms with van der Waals surface area (Å²) in [5.74, 6) is 0.908. The van der Waals surface area contributed by atoms with Crippen LogP contribution >= 0.6 is 11.3 Å². The van der Waals surface area contributed by atoms with E-state index < -0.39 is 0 Å². The Morgan fingerprint density at radius 2 is 2.10 bits per heavy atom. The largest absolute Gasteiger partial charge is 0.383 e. The Hall–Kier alpha value is -1.33. The van der Waals surface area contributed by atoms with Gasteiger partial charge < -0.3 is 14.6 Å². The van der Waals surface area contributed by atoms with Crippen LogP contribution in [0.15, 0.2) is 18.3 Å². The summed E-state index contributed by atoms with van der Waals surface area (Å²) in [6, 6.07) is 4.85. The molecule has 0 aliphatic heterocycles. The van der Waals surface area contributed by atoms with Crippen molar-refractivity contribution in [2.45, 2.75) is 39.8 Å². The van der Waals surface area contributed by atoms with E-state index in [1.807, 2.05) is 18.3 Å². The molecule has 0 saturated carbocycles. The lowest BCUT2D eigenvalue weighted by atomic mass is 10.3. The molecule has 0 saturated heterocycles. The molecule has 2 heterocycles. The van der Waals surface area contributed by atoms with E-state index in [9.17, 15) is 0 Å². The molecule has 2 rings (SSSR count). The minimum absolute atomic E-state index is 0.254. The van der Waals surface area contributed by atoms with Crippen molar-refractivity contribution in [3.63, 3.8) is 0 Å². The molecule has 2 atom stereocenters. The first kappa shape index (κ1) is 15.1. The van der Waals surface area contributed by atoms with E-state index in [1.54, 1.807) is 7.11 Å². The maximum atomic E-state index is 5.24. The summed E-state index contributed by atoms with van der Waals surface area (Å²) in [6.45, 7) is 9.13. The van der Waals surface area contributed by atoms with Gasteiger partial charge in [-0.1, -0.05) is 0 Å². The highest BCUT2D eigenvalue weighted by Crippen LogP contribution is 2.26. The molecule has 0 aromatic carbocycles. The SMILES string of the molecule is COCC(C)n1cc(C)nc1NC(C)c1ccc(C)s1. The number of nitrogens with zero attached hydrogens (tertiary/aromatic N) is 2. The van der Waals surface area contributed by atoms with Crippen molar-refractivity contribution in [3.05, 3.63) is 33.8 Å². The number of ether oxygens (including phenoxy) is 1. The number of thiophene rings is 1. The van der Waals surface area contributed by atoms with Crippen LogP contribution in [0.1, 0.15) is 41.4 Å². The van der Waals surface area contributed by atoms with Crippen molar-refractivity contribution in [2.24, 2.45) is 0 Å². The lowest BCUT2D eigenvalue weighted by Crippen LogP contribution is -2.16. The first-order valence-corrected chi connectivity index (χ1v) is 7.70. The maximum absolute atomic E-state index is 5.24. The Morgan fingerprint density at radius 3 is 2.70 bits per heavy atom. The van der Waals surface area contributed by atoms with Gasteiger partial charge in [0, 0.05) is 23.1 Å². The summed E-state index contributed by atoms with van der Waals surface area (Å²) in [5.41, 5.74) is 1.02. The van der Waals surface area contributed by atoms with Gasteiger partial charge in [0.2, 0.25) is 5.95 Å². The van der Waals surface area contributed by atoms with E-state index in [4.69, 9.17) is 4.74 Å². The third-order valence-electron chi connectivity index (χ3n) is 3.27. The standard InChI is InChI=1S/C15H23N3OS/c1-10-8-18(11(2)9-19-5)15(16-10)17-13(4)14-7-6-12(3)20-14/h6-8,11,13H,9H2,1-5H3,(H,16,17). The zero-order valence-electron chi connectivity index (χ0n) is 12.8. The topological polar surface area (TPSA) is 39.1 Å². The number of nitrogens with one attached hydrogen (secondary N) is 1. The molecular weight excluding hydrogens is 270 g/mol. The molecule has 0 bridgehead atoms. The van der Waals surface area contributed by atoms with Crippen molar-refractivity contribution in [1.82, 2.24) is 9.55 Å². The highest BCUT2D eigenvalue weighted by molar-refractivity contribution is 7.12. The molecule has 0 amide bonds. The van der Waals surface area contributed by atoms with Crippen LogP contribution in [0.2, 0.25) is 0 Å². The van der Waals surface area contributed by atoms with Crippen molar-refractivity contribution >= 4 is 17.3 Å². The summed E-state index contributed by atoms with van der Waals surface area (Å²) in [5, 5.41) is 3.51. The highest BCUT2D eigenvalue weighted by atomic mass is 32.1. The van der Waals surface area contributed by atoms with E-state index in [0.717, 1.165) is 11.6 Å². The number of rotatable bonds is 6. The van der Waals surface area contributed by atoms with Gasteiger partial charge in [0.05, 0.1) is 24.4 Å². The van der Waals surface area contributed by atoms with Crippen LogP contribution in [0.25, 0.3) is 0 Å². The number of aryl methyl sites for hydroxylation is 2. The van der Waals surface area contributed by atoms with Gasteiger partial charge in [0.25, 0.3) is 0 Å². The number of methoxy groups -OCH3 is 1. The summed E-state index contributed by atoms with van der Waals surface area (Å²) < 4.78 is 7.39. The fraction of sp³-hybridized carbons (Fsp3) is 0.533. The van der Waals surface area contributed by atoms with Crippen molar-refractivity contribution in [3.8, 4) is 0 Å². The van der Waals surface area contributed by atoms with Gasteiger partial charge in [0.15, 0.2) is 0 Å². The molecule has 110 valence electrons. The molecular formula is C15H23N3OS. The van der Waals surface area contributed by atoms with Crippen LogP contribution in [-0.2, 0) is 4.74 Å². The van der Waals surface area contributed by atoms with Gasteiger partial charge in [-0.15, -0.1) is 11.3 Å². The quantitative estimate of drug-likeness (QED) is 0.876. The Balaban J connectivity index is 2.16. The Labute approximate surface area is 124 Å². The smallest absolute Gasteiger partial charge is 0.203 e. The van der Waals surface area contributed by atoms with Crippen LogP contribution in [0.5, 0.6) is 0 Å². The van der Waals surface area contributed by atoms with Crippen LogP contribution < -0.4 is 5.32 Å². The van der Waals surface area contributed by atoms with Gasteiger partial charge in [0.1, 0.15) is 0 Å². The lowest BCUT2D eigenvalue weighted by Gasteiger charge is -2.19. The fourth-order valence-corrected chi connectivity index (χ4v) is 3.11. The Kier molecular flexibility index (Phi) is 4.83. The molecule has 1 N–H and O–H groups in total. The molecule has 0 radical (unpaired) electrons. The van der Waals surface area contributed by atoms with E-state index in [1.165, 1.54) is 9.75 Å². The predicted octanol–water partition coefficient (Wildman–Crippen LogP) is 3.94. The second kappa shape index (κ2) is 6.41. The van der Waals surface area contributed by atoms with Crippen LogP contribution in [0.3, 0.4) is 0 Å². The molecule has 5 heteroatoms. The molecule has 2 aromatic heterocycles. The first-order valence-electron chi connectivity index (χ1n) is 6.88. The van der Waals surface area contributed by atoms with Gasteiger partial charge in [-0.2, -0.15) is 0 Å². The third kappa shape index (κ3) is 3.41. The zero-order chi connectivity index (χ0) is 14.7. The second-order valence-corrected chi connectivity index (χ2v) is 6.55. The number of aromatic nitrogens is 2. The molecule has 0 fully saturated rings. The van der Waals surface area contributed by atoms with Gasteiger partial charge in [-0.25, -0.2) is 4.98 Å². The van der Waals surface area contributed by atoms with Gasteiger partial charge >= 0.3 is 0 Å². The van der Waals surface area contributed by atoms with Crippen LogP contribution in [0.4, 0.5) is 5.95 Å². The number of anilines is 1. The average molecular weight is 293 g/mol. The zero-order valence-corrected chi connectivity index (χ0v) is 13.6. The molecule has 2 aromatic rings. The van der Waals surface area contributed by atoms with E-state index in [2.05, 4.69) is 54.0 Å². The minimum Gasteiger partial charge on any atom is -0.383 e. The summed E-state index contributed by atoms with van der Waals surface area (Å²) in [4.78, 5) is 7.25. The molecule has 0 aliphatic carbocycles. The summed E-state index contributed by atoms with van der Waals surface area (Å²) in [6.07, 6.45) is 2.07. The van der Waals surface area contributed by atoms with E-state index in [0.29, 0.717) is 6.61 Å². The van der Waals surface area contributed by atoms with Crippen LogP contribution in [0, 0.1) is 13.8 Å². The van der Waals surface area contributed by atoms with Crippen molar-refractivity contribution in [1.29, 1.82) is 0 Å². The van der Waals surface area contributed by atoms with E-state index >= 15 is 0 Å². The third-order valence-corrected chi connectivity index (χ3v) is 4.45. The van der Waals surface area contributed by atoms with Gasteiger partial charge in [-0.3, -0.25) is 0 Å². The lowest BCUT2D eigenvalue weighted by molar-refractivity contribution is 0.163. The average Bonchev–Trinajstić information content (AvgIpc) is 2.96. The number of imidazole rings is 1. The van der Waals surface area contributed by atoms with Crippen molar-refractivity contribution in [2.75, 3.05) is 19.0 Å². The minimum atomic E-state index is 0.254. The normalized spacial score (nSPS) is 14.2.